The third-order valence-corrected chi connectivity index (χ3v) is 4.85. The molecule has 1 unspecified atom stereocenters. The highest BCUT2D eigenvalue weighted by Crippen LogP contribution is 2.32. The molecule has 0 heterocycles. The molecule has 0 aliphatic heterocycles. The van der Waals surface area contributed by atoms with Gasteiger partial charge in [0.1, 0.15) is 5.78 Å². The van der Waals surface area contributed by atoms with Crippen LogP contribution in [0.2, 0.25) is 0 Å². The van der Waals surface area contributed by atoms with Gasteiger partial charge in [-0.25, -0.2) is 0 Å². The van der Waals surface area contributed by atoms with Crippen molar-refractivity contribution in [3.63, 3.8) is 0 Å². The second-order valence-electron chi connectivity index (χ2n) is 3.29. The summed E-state index contributed by atoms with van der Waals surface area (Å²) in [4.78, 5) is 10.7. The van der Waals surface area contributed by atoms with Crippen molar-refractivity contribution in [2.24, 2.45) is 0 Å². The lowest BCUT2D eigenvalue weighted by Gasteiger charge is -2.10. The molecule has 0 radical (unpaired) electrons. The number of rotatable bonds is 6. The maximum atomic E-state index is 10.7. The minimum atomic E-state index is 0.303. The van der Waals surface area contributed by atoms with Crippen molar-refractivity contribution in [3.8, 4) is 0 Å². The lowest BCUT2D eigenvalue weighted by molar-refractivity contribution is -0.117. The molecule has 0 aromatic rings. The Morgan fingerprint density at radius 1 is 1.25 bits per heavy atom. The predicted octanol–water partition coefficient (Wildman–Crippen LogP) is 3.53. The molecule has 1 atom stereocenters. The molecule has 72 valence electrons. The number of ketones is 1. The summed E-state index contributed by atoms with van der Waals surface area (Å²) in [6, 6.07) is 0. The van der Waals surface area contributed by atoms with Gasteiger partial charge in [-0.2, -0.15) is 0 Å². The molecule has 0 saturated heterocycles. The molecule has 0 aliphatic rings. The fourth-order valence-corrected chi connectivity index (χ4v) is 2.81. The molecule has 0 saturated carbocycles. The van der Waals surface area contributed by atoms with Gasteiger partial charge in [0.15, 0.2) is 0 Å². The monoisotopic (exact) mass is 206 g/mol. The average Bonchev–Trinajstić information content (AvgIpc) is 1.96. The first-order valence-electron chi connectivity index (χ1n) is 4.34. The zero-order chi connectivity index (χ0) is 9.56. The van der Waals surface area contributed by atoms with Crippen LogP contribution < -0.4 is 0 Å². The second-order valence-corrected chi connectivity index (χ2v) is 6.58. The molecule has 0 rings (SSSR count). The van der Waals surface area contributed by atoms with Crippen molar-refractivity contribution in [2.75, 3.05) is 0 Å². The minimum Gasteiger partial charge on any atom is -0.300 e. The molecule has 1 nitrogen and oxygen atoms in total. The molecule has 0 fully saturated rings. The molecule has 0 aromatic heterocycles. The van der Waals surface area contributed by atoms with Gasteiger partial charge < -0.3 is 4.79 Å². The van der Waals surface area contributed by atoms with Crippen LogP contribution in [0.1, 0.15) is 40.5 Å². The number of carbonyl (C=O) groups is 1. The van der Waals surface area contributed by atoms with Crippen LogP contribution >= 0.6 is 21.6 Å². The average molecular weight is 206 g/mol. The largest absolute Gasteiger partial charge is 0.300 e. The first-order chi connectivity index (χ1) is 5.52. The first kappa shape index (κ1) is 12.4. The molecule has 0 aliphatic carbocycles. The summed E-state index contributed by atoms with van der Waals surface area (Å²) in [5, 5.41) is 1.27. The molecular weight excluding hydrogens is 188 g/mol. The van der Waals surface area contributed by atoms with Crippen LogP contribution in [0, 0.1) is 0 Å². The Morgan fingerprint density at radius 2 is 1.83 bits per heavy atom. The summed E-state index contributed by atoms with van der Waals surface area (Å²) in [5.74, 6) is 0.303. The van der Waals surface area contributed by atoms with Crippen molar-refractivity contribution >= 4 is 27.4 Å². The minimum absolute atomic E-state index is 0.303. The smallest absolute Gasteiger partial charge is 0.129 e. The molecule has 3 heteroatoms. The third-order valence-electron chi connectivity index (χ3n) is 1.32. The molecule has 0 N–H and O–H groups in total. The second kappa shape index (κ2) is 6.84. The van der Waals surface area contributed by atoms with E-state index in [1.54, 1.807) is 6.92 Å². The van der Waals surface area contributed by atoms with E-state index in [2.05, 4.69) is 20.8 Å². The Hall–Kier alpha value is 0.370. The van der Waals surface area contributed by atoms with Crippen LogP contribution in [0.25, 0.3) is 0 Å². The van der Waals surface area contributed by atoms with E-state index in [0.717, 1.165) is 12.8 Å². The molecule has 0 bridgehead atoms. The predicted molar refractivity (Wildman–Crippen MR) is 59.7 cm³/mol. The van der Waals surface area contributed by atoms with E-state index in [1.807, 2.05) is 21.6 Å². The van der Waals surface area contributed by atoms with E-state index in [-0.39, 0.29) is 0 Å². The molecule has 12 heavy (non-hydrogen) atoms. The zero-order valence-electron chi connectivity index (χ0n) is 8.29. The molecule has 0 spiro atoms. The van der Waals surface area contributed by atoms with Gasteiger partial charge in [0.25, 0.3) is 0 Å². The van der Waals surface area contributed by atoms with E-state index in [9.17, 15) is 4.79 Å². The van der Waals surface area contributed by atoms with Crippen LogP contribution in [-0.4, -0.2) is 16.3 Å². The highest BCUT2D eigenvalue weighted by Gasteiger charge is 2.05. The highest BCUT2D eigenvalue weighted by atomic mass is 33.1. The van der Waals surface area contributed by atoms with Gasteiger partial charge in [0.2, 0.25) is 0 Å². The van der Waals surface area contributed by atoms with E-state index in [0.29, 0.717) is 16.3 Å². The van der Waals surface area contributed by atoms with Crippen LogP contribution in [0.15, 0.2) is 0 Å². The summed E-state index contributed by atoms with van der Waals surface area (Å²) in [6.45, 7) is 8.22. The maximum absolute atomic E-state index is 10.7. The lowest BCUT2D eigenvalue weighted by atomic mass is 10.2. The quantitative estimate of drug-likeness (QED) is 0.619. The van der Waals surface area contributed by atoms with Crippen molar-refractivity contribution in [1.29, 1.82) is 0 Å². The standard InChI is InChI=1S/C9H18OS2/c1-7(2)11-12-9(4)6-5-8(3)10/h7,9H,5-6H2,1-4H3. The lowest BCUT2D eigenvalue weighted by Crippen LogP contribution is -1.99. The Morgan fingerprint density at radius 3 is 2.25 bits per heavy atom. The number of hydrogen-bond donors (Lipinski definition) is 0. The molecule has 0 amide bonds. The van der Waals surface area contributed by atoms with Gasteiger partial charge >= 0.3 is 0 Å². The van der Waals surface area contributed by atoms with Crippen LogP contribution in [0.4, 0.5) is 0 Å². The van der Waals surface area contributed by atoms with Gasteiger partial charge in [-0.3, -0.25) is 0 Å². The summed E-state index contributed by atoms with van der Waals surface area (Å²) in [6.07, 6.45) is 1.74. The van der Waals surface area contributed by atoms with Crippen LogP contribution in [0.3, 0.4) is 0 Å². The van der Waals surface area contributed by atoms with E-state index in [4.69, 9.17) is 0 Å². The Balaban J connectivity index is 3.33. The maximum Gasteiger partial charge on any atom is 0.129 e. The number of hydrogen-bond acceptors (Lipinski definition) is 3. The SMILES string of the molecule is CC(=O)CCC(C)SSC(C)C. The van der Waals surface area contributed by atoms with E-state index < -0.39 is 0 Å². The number of Topliss-reactive ketones (excluding diaryl/α,β-unsaturated/α-hetero) is 1. The van der Waals surface area contributed by atoms with Gasteiger partial charge in [-0.15, -0.1) is 0 Å². The molecular formula is C9H18OS2. The van der Waals surface area contributed by atoms with Gasteiger partial charge in [0, 0.05) is 16.9 Å². The third kappa shape index (κ3) is 8.47. The van der Waals surface area contributed by atoms with Gasteiger partial charge in [0.05, 0.1) is 0 Å². The normalized spacial score (nSPS) is 13.4. The highest BCUT2D eigenvalue weighted by molar-refractivity contribution is 8.77. The van der Waals surface area contributed by atoms with Crippen molar-refractivity contribution in [2.45, 2.75) is 51.0 Å². The number of carbonyl (C=O) groups excluding carboxylic acids is 1. The van der Waals surface area contributed by atoms with Crippen molar-refractivity contribution < 1.29 is 4.79 Å². The van der Waals surface area contributed by atoms with Crippen molar-refractivity contribution in [3.05, 3.63) is 0 Å². The van der Waals surface area contributed by atoms with Gasteiger partial charge in [-0.05, 0) is 13.3 Å². The fourth-order valence-electron chi connectivity index (χ4n) is 0.661. The van der Waals surface area contributed by atoms with E-state index >= 15 is 0 Å². The Labute approximate surface area is 83.5 Å². The Kier molecular flexibility index (Phi) is 7.05. The fraction of sp³-hybridized carbons (Fsp3) is 0.889. The van der Waals surface area contributed by atoms with Crippen LogP contribution in [-0.2, 0) is 4.79 Å². The first-order valence-corrected chi connectivity index (χ1v) is 6.61. The zero-order valence-corrected chi connectivity index (χ0v) is 9.93. The van der Waals surface area contributed by atoms with Crippen molar-refractivity contribution in [1.82, 2.24) is 0 Å². The van der Waals surface area contributed by atoms with Crippen LogP contribution in [0.5, 0.6) is 0 Å². The van der Waals surface area contributed by atoms with E-state index in [1.165, 1.54) is 0 Å². The summed E-state index contributed by atoms with van der Waals surface area (Å²) >= 11 is 0. The summed E-state index contributed by atoms with van der Waals surface area (Å²) < 4.78 is 0. The van der Waals surface area contributed by atoms with Gasteiger partial charge in [-0.1, -0.05) is 42.4 Å². The Bertz CT molecular complexity index is 134. The summed E-state index contributed by atoms with van der Waals surface area (Å²) in [7, 11) is 3.79. The molecule has 0 aromatic carbocycles. The summed E-state index contributed by atoms with van der Waals surface area (Å²) in [5.41, 5.74) is 0. The topological polar surface area (TPSA) is 17.1 Å².